The molecule has 0 unspecified atom stereocenters. The number of nitrogens with two attached hydrogens (primary N) is 1. The summed E-state index contributed by atoms with van der Waals surface area (Å²) >= 11 is 0. The second-order valence-electron chi connectivity index (χ2n) is 6.14. The molecule has 6 heteroatoms. The first-order valence-corrected chi connectivity index (χ1v) is 8.20. The largest absolute Gasteiger partial charge is 0.497 e. The van der Waals surface area contributed by atoms with Crippen LogP contribution in [0.5, 0.6) is 5.75 Å². The molecule has 2 N–H and O–H groups in total. The van der Waals surface area contributed by atoms with Crippen molar-refractivity contribution in [1.29, 1.82) is 5.26 Å². The number of aromatic nitrogens is 3. The van der Waals surface area contributed by atoms with E-state index < -0.39 is 0 Å². The normalized spacial score (nSPS) is 10.6. The van der Waals surface area contributed by atoms with Crippen LogP contribution in [-0.4, -0.2) is 22.1 Å². The molecule has 0 fully saturated rings. The number of nitriles is 1. The van der Waals surface area contributed by atoms with E-state index in [1.165, 1.54) is 0 Å². The standard InChI is InChI=1S/C20H19N5O/c1-12(2)20-23-10-14(11-24-20)16-8-18(25-19(22)17(16)9-21)13-5-4-6-15(7-13)26-3/h4-8,10-12H,1-3H3,(H2,22,25). The summed E-state index contributed by atoms with van der Waals surface area (Å²) in [5.41, 5.74) is 9.26. The van der Waals surface area contributed by atoms with Crippen LogP contribution in [0.15, 0.2) is 42.7 Å². The molecule has 0 aliphatic heterocycles. The molecule has 1 aromatic carbocycles. The second kappa shape index (κ2) is 7.19. The highest BCUT2D eigenvalue weighted by molar-refractivity contribution is 5.79. The van der Waals surface area contributed by atoms with Crippen LogP contribution in [-0.2, 0) is 0 Å². The number of nitrogen functional groups attached to an aromatic ring is 1. The highest BCUT2D eigenvalue weighted by Gasteiger charge is 2.15. The topological polar surface area (TPSA) is 97.7 Å². The SMILES string of the molecule is COc1cccc(-c2cc(-c3cnc(C(C)C)nc3)c(C#N)c(N)n2)c1. The van der Waals surface area contributed by atoms with Crippen molar-refractivity contribution in [3.05, 3.63) is 54.1 Å². The van der Waals surface area contributed by atoms with Crippen molar-refractivity contribution in [3.63, 3.8) is 0 Å². The summed E-state index contributed by atoms with van der Waals surface area (Å²) in [6, 6.07) is 11.5. The third-order valence-corrected chi connectivity index (χ3v) is 4.02. The molecule has 0 aliphatic carbocycles. The number of ether oxygens (including phenoxy) is 1. The predicted octanol–water partition coefficient (Wildman–Crippen LogP) is 3.79. The van der Waals surface area contributed by atoms with Crippen molar-refractivity contribution in [2.45, 2.75) is 19.8 Å². The molecule has 0 bridgehead atoms. The Balaban J connectivity index is 2.15. The molecule has 0 saturated heterocycles. The fourth-order valence-corrected chi connectivity index (χ4v) is 2.62. The van der Waals surface area contributed by atoms with Gasteiger partial charge >= 0.3 is 0 Å². The van der Waals surface area contributed by atoms with Crippen molar-refractivity contribution < 1.29 is 4.74 Å². The van der Waals surface area contributed by atoms with E-state index in [1.807, 2.05) is 44.2 Å². The molecule has 0 spiro atoms. The van der Waals surface area contributed by atoms with Gasteiger partial charge in [-0.3, -0.25) is 0 Å². The Bertz CT molecular complexity index is 974. The molecular weight excluding hydrogens is 326 g/mol. The second-order valence-corrected chi connectivity index (χ2v) is 6.14. The number of hydrogen-bond acceptors (Lipinski definition) is 6. The lowest BCUT2D eigenvalue weighted by Crippen LogP contribution is -2.01. The van der Waals surface area contributed by atoms with E-state index in [-0.39, 0.29) is 11.7 Å². The van der Waals surface area contributed by atoms with Crippen LogP contribution in [0.25, 0.3) is 22.4 Å². The maximum Gasteiger partial charge on any atom is 0.142 e. The van der Waals surface area contributed by atoms with Crippen LogP contribution >= 0.6 is 0 Å². The molecule has 0 atom stereocenters. The molecule has 0 aliphatic rings. The zero-order valence-electron chi connectivity index (χ0n) is 14.9. The van der Waals surface area contributed by atoms with Crippen LogP contribution < -0.4 is 10.5 Å². The first-order valence-electron chi connectivity index (χ1n) is 8.20. The van der Waals surface area contributed by atoms with Crippen molar-refractivity contribution in [3.8, 4) is 34.2 Å². The first kappa shape index (κ1) is 17.4. The highest BCUT2D eigenvalue weighted by atomic mass is 16.5. The minimum Gasteiger partial charge on any atom is -0.497 e. The predicted molar refractivity (Wildman–Crippen MR) is 100 cm³/mol. The van der Waals surface area contributed by atoms with Gasteiger partial charge in [0, 0.05) is 35.0 Å². The molecule has 0 saturated carbocycles. The lowest BCUT2D eigenvalue weighted by atomic mass is 10.0. The molecule has 130 valence electrons. The van der Waals surface area contributed by atoms with Crippen LogP contribution in [0.2, 0.25) is 0 Å². The number of rotatable bonds is 4. The smallest absolute Gasteiger partial charge is 0.142 e. The Morgan fingerprint density at radius 1 is 1.12 bits per heavy atom. The monoisotopic (exact) mass is 345 g/mol. The molecule has 6 nitrogen and oxygen atoms in total. The number of hydrogen-bond donors (Lipinski definition) is 1. The third-order valence-electron chi connectivity index (χ3n) is 4.02. The van der Waals surface area contributed by atoms with Crippen molar-refractivity contribution >= 4 is 5.82 Å². The Labute approximate surface area is 152 Å². The van der Waals surface area contributed by atoms with Gasteiger partial charge in [-0.15, -0.1) is 0 Å². The lowest BCUT2D eigenvalue weighted by Gasteiger charge is -2.11. The summed E-state index contributed by atoms with van der Waals surface area (Å²) in [6.45, 7) is 4.06. The summed E-state index contributed by atoms with van der Waals surface area (Å²) in [5.74, 6) is 1.88. The molecule has 2 heterocycles. The minimum absolute atomic E-state index is 0.177. The fourth-order valence-electron chi connectivity index (χ4n) is 2.62. The van der Waals surface area contributed by atoms with Gasteiger partial charge in [0.1, 0.15) is 29.0 Å². The van der Waals surface area contributed by atoms with E-state index in [0.29, 0.717) is 16.8 Å². The van der Waals surface area contributed by atoms with Gasteiger partial charge in [0.05, 0.1) is 12.8 Å². The maximum atomic E-state index is 9.52. The first-order chi connectivity index (χ1) is 12.5. The number of benzene rings is 1. The van der Waals surface area contributed by atoms with E-state index in [0.717, 1.165) is 22.7 Å². The van der Waals surface area contributed by atoms with Crippen LogP contribution in [0.4, 0.5) is 5.82 Å². The van der Waals surface area contributed by atoms with Crippen molar-refractivity contribution in [2.75, 3.05) is 12.8 Å². The summed E-state index contributed by atoms with van der Waals surface area (Å²) in [7, 11) is 1.61. The molecule has 3 aromatic rings. The maximum absolute atomic E-state index is 9.52. The summed E-state index contributed by atoms with van der Waals surface area (Å²) in [6.07, 6.45) is 3.43. The summed E-state index contributed by atoms with van der Waals surface area (Å²) in [4.78, 5) is 13.2. The molecular formula is C20H19N5O. The molecule has 3 rings (SSSR count). The van der Waals surface area contributed by atoms with E-state index in [4.69, 9.17) is 10.5 Å². The summed E-state index contributed by atoms with van der Waals surface area (Å²) in [5, 5.41) is 9.52. The van der Waals surface area contributed by atoms with Gasteiger partial charge in [0.15, 0.2) is 0 Å². The minimum atomic E-state index is 0.177. The number of pyridine rings is 1. The molecule has 0 amide bonds. The van der Waals surface area contributed by atoms with Gasteiger partial charge in [0.2, 0.25) is 0 Å². The van der Waals surface area contributed by atoms with Gasteiger partial charge in [-0.2, -0.15) is 5.26 Å². The number of methoxy groups -OCH3 is 1. The van der Waals surface area contributed by atoms with Crippen LogP contribution in [0, 0.1) is 11.3 Å². The van der Waals surface area contributed by atoms with Gasteiger partial charge in [-0.1, -0.05) is 26.0 Å². The molecule has 2 aromatic heterocycles. The highest BCUT2D eigenvalue weighted by Crippen LogP contribution is 2.31. The number of anilines is 1. The van der Waals surface area contributed by atoms with Gasteiger partial charge in [-0.25, -0.2) is 15.0 Å². The van der Waals surface area contributed by atoms with Crippen molar-refractivity contribution in [1.82, 2.24) is 15.0 Å². The van der Waals surface area contributed by atoms with Gasteiger partial charge in [-0.05, 0) is 18.2 Å². The van der Waals surface area contributed by atoms with E-state index in [2.05, 4.69) is 21.0 Å². The fraction of sp³-hybridized carbons (Fsp3) is 0.200. The molecule has 26 heavy (non-hydrogen) atoms. The Kier molecular flexibility index (Phi) is 4.81. The average molecular weight is 345 g/mol. The van der Waals surface area contributed by atoms with E-state index in [1.54, 1.807) is 19.5 Å². The van der Waals surface area contributed by atoms with Gasteiger partial charge < -0.3 is 10.5 Å². The van der Waals surface area contributed by atoms with E-state index in [9.17, 15) is 5.26 Å². The van der Waals surface area contributed by atoms with Crippen molar-refractivity contribution in [2.24, 2.45) is 0 Å². The Morgan fingerprint density at radius 3 is 2.46 bits per heavy atom. The lowest BCUT2D eigenvalue weighted by molar-refractivity contribution is 0.415. The van der Waals surface area contributed by atoms with Gasteiger partial charge in [0.25, 0.3) is 0 Å². The quantitative estimate of drug-likeness (QED) is 0.772. The zero-order valence-corrected chi connectivity index (χ0v) is 14.9. The van der Waals surface area contributed by atoms with Crippen LogP contribution in [0.1, 0.15) is 31.2 Å². The summed E-state index contributed by atoms with van der Waals surface area (Å²) < 4.78 is 5.27. The Hall–Kier alpha value is -3.46. The Morgan fingerprint density at radius 2 is 1.85 bits per heavy atom. The molecule has 0 radical (unpaired) electrons. The zero-order chi connectivity index (χ0) is 18.7. The average Bonchev–Trinajstić information content (AvgIpc) is 2.67. The van der Waals surface area contributed by atoms with E-state index >= 15 is 0 Å². The third kappa shape index (κ3) is 3.33. The van der Waals surface area contributed by atoms with Crippen LogP contribution in [0.3, 0.4) is 0 Å². The number of nitrogens with zero attached hydrogens (tertiary/aromatic N) is 4.